The highest BCUT2D eigenvalue weighted by Crippen LogP contribution is 2.47. The molecule has 2 unspecified atom stereocenters. The third-order valence-electron chi connectivity index (χ3n) is 11.3. The first-order valence-corrected chi connectivity index (χ1v) is 19.2. The van der Waals surface area contributed by atoms with Gasteiger partial charge in [-0.3, -0.25) is 0 Å². The average molecular weight is 697 g/mol. The van der Waals surface area contributed by atoms with Gasteiger partial charge in [0, 0.05) is 40.2 Å². The fraction of sp³-hybridized carbons (Fsp3) is 0.115. The number of rotatable bonds is 8. The van der Waals surface area contributed by atoms with Gasteiger partial charge in [0.15, 0.2) is 0 Å². The van der Waals surface area contributed by atoms with Crippen molar-refractivity contribution in [1.82, 2.24) is 0 Å². The van der Waals surface area contributed by atoms with Crippen LogP contribution in [0.1, 0.15) is 36.8 Å². The van der Waals surface area contributed by atoms with E-state index in [1.54, 1.807) is 0 Å². The lowest BCUT2D eigenvalue weighted by Crippen LogP contribution is -2.18. The van der Waals surface area contributed by atoms with E-state index >= 15 is 0 Å². The molecule has 0 aliphatic heterocycles. The number of nitrogens with one attached hydrogen (secondary N) is 2. The quantitative estimate of drug-likeness (QED) is 0.155. The summed E-state index contributed by atoms with van der Waals surface area (Å²) in [5, 5.41) is 12.8. The van der Waals surface area contributed by atoms with Gasteiger partial charge >= 0.3 is 0 Å². The summed E-state index contributed by atoms with van der Waals surface area (Å²) in [5.41, 5.74) is 14.8. The number of hydrogen-bond donors (Lipinski definition) is 2. The van der Waals surface area contributed by atoms with Gasteiger partial charge in [-0.25, -0.2) is 0 Å². The van der Waals surface area contributed by atoms with Gasteiger partial charge in [-0.2, -0.15) is 0 Å². The van der Waals surface area contributed by atoms with E-state index in [-0.39, 0.29) is 5.92 Å². The summed E-state index contributed by atoms with van der Waals surface area (Å²) < 4.78 is 0. The highest BCUT2D eigenvalue weighted by Gasteiger charge is 2.28. The molecule has 0 saturated carbocycles. The van der Waals surface area contributed by atoms with E-state index in [0.29, 0.717) is 5.92 Å². The number of anilines is 3. The molecule has 0 amide bonds. The summed E-state index contributed by atoms with van der Waals surface area (Å²) in [4.78, 5) is 0. The molecule has 0 spiro atoms. The smallest absolute Gasteiger partial charge is 0.0470 e. The molecular weight excluding hydrogens is 653 g/mol. The Morgan fingerprint density at radius 2 is 1.17 bits per heavy atom. The van der Waals surface area contributed by atoms with E-state index in [0.717, 1.165) is 29.9 Å². The Morgan fingerprint density at radius 3 is 1.83 bits per heavy atom. The molecule has 54 heavy (non-hydrogen) atoms. The monoisotopic (exact) mass is 696 g/mol. The molecule has 262 valence electrons. The van der Waals surface area contributed by atoms with Crippen LogP contribution in [0, 0.1) is 12.8 Å². The Hall–Kier alpha value is -6.38. The minimum Gasteiger partial charge on any atom is -0.356 e. The SMILES string of the molecule is CC1=CC=CCC1C1=CCC(c2c3ccccc3c(-c3ccc(-c4ccccc4C)c(Nc4ccccc4)c3)c3ccccc23)C=C1Nc1ccccc1. The number of para-hydroxylation sites is 2. The van der Waals surface area contributed by atoms with E-state index in [4.69, 9.17) is 0 Å². The first-order chi connectivity index (χ1) is 26.6. The molecule has 2 N–H and O–H groups in total. The van der Waals surface area contributed by atoms with Crippen LogP contribution >= 0.6 is 0 Å². The molecule has 0 aromatic heterocycles. The van der Waals surface area contributed by atoms with Gasteiger partial charge in [0.2, 0.25) is 0 Å². The lowest BCUT2D eigenvalue weighted by Gasteiger charge is -2.31. The third-order valence-corrected chi connectivity index (χ3v) is 11.3. The van der Waals surface area contributed by atoms with Crippen molar-refractivity contribution < 1.29 is 0 Å². The second kappa shape index (κ2) is 14.6. The minimum absolute atomic E-state index is 0.200. The molecule has 0 saturated heterocycles. The van der Waals surface area contributed by atoms with E-state index in [2.05, 4.69) is 207 Å². The number of fused-ring (bicyclic) bond motifs is 2. The van der Waals surface area contributed by atoms with Crippen molar-refractivity contribution in [3.05, 3.63) is 210 Å². The molecule has 0 fully saturated rings. The molecule has 0 radical (unpaired) electrons. The summed E-state index contributed by atoms with van der Waals surface area (Å²) in [6, 6.07) is 54.8. The topological polar surface area (TPSA) is 24.1 Å². The van der Waals surface area contributed by atoms with E-state index < -0.39 is 0 Å². The van der Waals surface area contributed by atoms with Crippen LogP contribution in [0.4, 0.5) is 17.1 Å². The van der Waals surface area contributed by atoms with E-state index in [1.807, 2.05) is 0 Å². The Labute approximate surface area is 318 Å². The molecule has 7 aromatic rings. The van der Waals surface area contributed by atoms with Gasteiger partial charge < -0.3 is 10.6 Å². The van der Waals surface area contributed by atoms with Crippen molar-refractivity contribution in [3.63, 3.8) is 0 Å². The van der Waals surface area contributed by atoms with Gasteiger partial charge in [-0.1, -0.05) is 157 Å². The van der Waals surface area contributed by atoms with Crippen LogP contribution in [0.2, 0.25) is 0 Å². The summed E-state index contributed by atoms with van der Waals surface area (Å²) in [6.45, 7) is 4.47. The molecule has 0 bridgehead atoms. The average Bonchev–Trinajstić information content (AvgIpc) is 3.21. The fourth-order valence-corrected chi connectivity index (χ4v) is 8.62. The van der Waals surface area contributed by atoms with Crippen LogP contribution < -0.4 is 10.6 Å². The van der Waals surface area contributed by atoms with Gasteiger partial charge in [-0.05, 0) is 112 Å². The zero-order chi connectivity index (χ0) is 36.4. The van der Waals surface area contributed by atoms with Crippen LogP contribution in [0.5, 0.6) is 0 Å². The predicted octanol–water partition coefficient (Wildman–Crippen LogP) is 14.3. The zero-order valence-corrected chi connectivity index (χ0v) is 30.9. The normalized spacial score (nSPS) is 16.8. The summed E-state index contributed by atoms with van der Waals surface area (Å²) in [5.74, 6) is 0.571. The van der Waals surface area contributed by atoms with Gasteiger partial charge in [0.1, 0.15) is 0 Å². The molecular formula is C52H44N2. The van der Waals surface area contributed by atoms with Crippen molar-refractivity contribution in [3.8, 4) is 22.3 Å². The van der Waals surface area contributed by atoms with Crippen LogP contribution in [0.3, 0.4) is 0 Å². The largest absolute Gasteiger partial charge is 0.356 e. The summed E-state index contributed by atoms with van der Waals surface area (Å²) >= 11 is 0. The highest BCUT2D eigenvalue weighted by molar-refractivity contribution is 6.16. The second-order valence-electron chi connectivity index (χ2n) is 14.6. The number of allylic oxidation sites excluding steroid dienone is 7. The van der Waals surface area contributed by atoms with Crippen molar-refractivity contribution in [2.24, 2.45) is 5.92 Å². The molecule has 9 rings (SSSR count). The third kappa shape index (κ3) is 6.35. The molecule has 2 atom stereocenters. The van der Waals surface area contributed by atoms with Crippen LogP contribution in [-0.4, -0.2) is 0 Å². The maximum atomic E-state index is 3.87. The molecule has 2 heteroatoms. The van der Waals surface area contributed by atoms with Crippen LogP contribution in [0.25, 0.3) is 43.8 Å². The Bertz CT molecular complexity index is 2570. The van der Waals surface area contributed by atoms with Crippen molar-refractivity contribution in [2.45, 2.75) is 32.6 Å². The number of aryl methyl sites for hydroxylation is 1. The van der Waals surface area contributed by atoms with E-state index in [9.17, 15) is 0 Å². The molecule has 2 aliphatic rings. The van der Waals surface area contributed by atoms with Gasteiger partial charge in [0.05, 0.1) is 0 Å². The van der Waals surface area contributed by atoms with E-state index in [1.165, 1.54) is 71.8 Å². The molecule has 0 heterocycles. The highest BCUT2D eigenvalue weighted by atomic mass is 14.9. The molecule has 2 aliphatic carbocycles. The lowest BCUT2D eigenvalue weighted by atomic mass is 9.76. The number of benzene rings is 7. The number of hydrogen-bond acceptors (Lipinski definition) is 2. The van der Waals surface area contributed by atoms with Crippen molar-refractivity contribution >= 4 is 38.6 Å². The molecule has 7 aromatic carbocycles. The van der Waals surface area contributed by atoms with Gasteiger partial charge in [0.25, 0.3) is 0 Å². The van der Waals surface area contributed by atoms with Crippen molar-refractivity contribution in [2.75, 3.05) is 10.6 Å². The Morgan fingerprint density at radius 1 is 0.556 bits per heavy atom. The van der Waals surface area contributed by atoms with Crippen LogP contribution in [-0.2, 0) is 0 Å². The van der Waals surface area contributed by atoms with Crippen LogP contribution in [0.15, 0.2) is 199 Å². The van der Waals surface area contributed by atoms with Crippen molar-refractivity contribution in [1.29, 1.82) is 0 Å². The van der Waals surface area contributed by atoms with Gasteiger partial charge in [-0.15, -0.1) is 0 Å². The second-order valence-corrected chi connectivity index (χ2v) is 14.6. The zero-order valence-electron chi connectivity index (χ0n) is 30.9. The minimum atomic E-state index is 0.200. The molecule has 2 nitrogen and oxygen atoms in total. The maximum Gasteiger partial charge on any atom is 0.0470 e. The predicted molar refractivity (Wildman–Crippen MR) is 231 cm³/mol. The summed E-state index contributed by atoms with van der Waals surface area (Å²) in [7, 11) is 0. The standard InChI is InChI=1S/C52H44N2/c1-35-17-9-11-23-41(35)43-31-29-37(33-49(43)53-39-19-5-3-6-20-39)51-45-25-13-15-27-47(45)52(48-28-16-14-26-46(48)51)38-30-32-44(42-24-12-10-18-36(42)2)50(34-38)54-40-21-7-4-8-22-40/h3-23,25-29,31-34,38,42,53-54H,24,30H2,1-2H3. The lowest BCUT2D eigenvalue weighted by molar-refractivity contribution is 0.700. The first kappa shape index (κ1) is 33.5. The summed E-state index contributed by atoms with van der Waals surface area (Å²) in [6.07, 6.45) is 13.8. The Kier molecular flexibility index (Phi) is 9.02. The maximum absolute atomic E-state index is 3.87. The fourth-order valence-electron chi connectivity index (χ4n) is 8.62. The first-order valence-electron chi connectivity index (χ1n) is 19.2. The Balaban J connectivity index is 1.22.